The van der Waals surface area contributed by atoms with E-state index in [9.17, 15) is 28.5 Å². The number of aryl methyl sites for hydroxylation is 1. The minimum Gasteiger partial charge on any atom is -0.490 e. The third kappa shape index (κ3) is 5.45. The van der Waals surface area contributed by atoms with Crippen LogP contribution >= 0.6 is 0 Å². The van der Waals surface area contributed by atoms with E-state index < -0.39 is 35.1 Å². The minimum atomic E-state index is -2.94. The molecule has 1 heterocycles. The number of alkyl halides is 2. The number of nitro groups is 1. The van der Waals surface area contributed by atoms with Crippen molar-refractivity contribution in [1.29, 1.82) is 0 Å². The number of rotatable bonds is 9. The lowest BCUT2D eigenvalue weighted by molar-refractivity contribution is -0.385. The second-order valence-electron chi connectivity index (χ2n) is 7.55. The molecule has 3 rings (SSSR count). The van der Waals surface area contributed by atoms with Gasteiger partial charge in [0.2, 0.25) is 5.78 Å². The molecule has 2 aromatic carbocycles. The normalized spacial score (nSPS) is 11.7. The number of carbonyl (C=O) groups excluding carboxylic acids is 2. The van der Waals surface area contributed by atoms with E-state index in [-0.39, 0.29) is 17.1 Å². The van der Waals surface area contributed by atoms with Gasteiger partial charge < -0.3 is 18.8 Å². The summed E-state index contributed by atoms with van der Waals surface area (Å²) in [6, 6.07) is 11.2. The zero-order valence-corrected chi connectivity index (χ0v) is 19.3. The Kier molecular flexibility index (Phi) is 7.48. The molecule has 0 amide bonds. The molecule has 0 fully saturated rings. The summed E-state index contributed by atoms with van der Waals surface area (Å²) in [4.78, 5) is 36.1. The van der Waals surface area contributed by atoms with Gasteiger partial charge in [0, 0.05) is 28.7 Å². The van der Waals surface area contributed by atoms with Crippen LogP contribution in [0.25, 0.3) is 5.69 Å². The molecule has 0 spiro atoms. The molecule has 0 aliphatic rings. The van der Waals surface area contributed by atoms with Crippen molar-refractivity contribution in [2.45, 2.75) is 33.5 Å². The lowest BCUT2D eigenvalue weighted by Crippen LogP contribution is -2.25. The maximum absolute atomic E-state index is 13.1. The van der Waals surface area contributed by atoms with Gasteiger partial charge >= 0.3 is 18.3 Å². The van der Waals surface area contributed by atoms with Gasteiger partial charge in [-0.1, -0.05) is 0 Å². The van der Waals surface area contributed by atoms with Crippen LogP contribution in [-0.2, 0) is 4.74 Å². The van der Waals surface area contributed by atoms with E-state index in [4.69, 9.17) is 9.47 Å². The topological polar surface area (TPSA) is 110 Å². The van der Waals surface area contributed by atoms with Crippen molar-refractivity contribution >= 4 is 17.4 Å². The van der Waals surface area contributed by atoms with E-state index in [0.717, 1.165) is 6.07 Å². The van der Waals surface area contributed by atoms with Crippen molar-refractivity contribution in [3.63, 3.8) is 0 Å². The molecule has 3 aromatic rings. The number of hydrogen-bond donors (Lipinski definition) is 0. The second-order valence-corrected chi connectivity index (χ2v) is 7.55. The van der Waals surface area contributed by atoms with Crippen LogP contribution in [0.1, 0.15) is 39.0 Å². The molecule has 0 saturated carbocycles. The predicted octanol–water partition coefficient (Wildman–Crippen LogP) is 5.04. The summed E-state index contributed by atoms with van der Waals surface area (Å²) >= 11 is 0. The Balaban J connectivity index is 1.80. The molecule has 1 atom stereocenters. The van der Waals surface area contributed by atoms with Crippen molar-refractivity contribution in [1.82, 2.24) is 4.57 Å². The first-order valence-corrected chi connectivity index (χ1v) is 10.3. The van der Waals surface area contributed by atoms with Crippen LogP contribution in [0.5, 0.6) is 11.5 Å². The summed E-state index contributed by atoms with van der Waals surface area (Å²) in [5, 5.41) is 11.2. The zero-order chi connectivity index (χ0) is 25.9. The third-order valence-corrected chi connectivity index (χ3v) is 5.28. The van der Waals surface area contributed by atoms with Crippen molar-refractivity contribution < 1.29 is 37.5 Å². The van der Waals surface area contributed by atoms with Gasteiger partial charge in [0.25, 0.3) is 0 Å². The average molecular weight is 488 g/mol. The van der Waals surface area contributed by atoms with Crippen LogP contribution in [0.2, 0.25) is 0 Å². The maximum Gasteiger partial charge on any atom is 0.387 e. The fourth-order valence-corrected chi connectivity index (χ4v) is 3.65. The van der Waals surface area contributed by atoms with Gasteiger partial charge in [0.1, 0.15) is 5.75 Å². The highest BCUT2D eigenvalue weighted by atomic mass is 19.3. The molecule has 184 valence electrons. The Labute approximate surface area is 199 Å². The Morgan fingerprint density at radius 2 is 1.71 bits per heavy atom. The molecule has 1 unspecified atom stereocenters. The first kappa shape index (κ1) is 25.3. The SMILES string of the molecule is COc1ccc(C(=O)OC(C)C(=O)c2cc(C)n(-c3ccc(OC(F)F)cc3)c2C)cc1[N+](=O)[O-]. The van der Waals surface area contributed by atoms with E-state index in [1.807, 2.05) is 0 Å². The van der Waals surface area contributed by atoms with Gasteiger partial charge in [-0.2, -0.15) is 8.78 Å². The number of carbonyl (C=O) groups is 2. The molecule has 11 heteroatoms. The standard InChI is InChI=1S/C24H22F2N2O7/c1-13-11-19(14(2)27(13)17-6-8-18(9-7-17)35-24(25)26)22(29)15(3)34-23(30)16-5-10-21(33-4)20(12-16)28(31)32/h5-12,15,24H,1-4H3. The van der Waals surface area contributed by atoms with E-state index in [1.54, 1.807) is 36.6 Å². The van der Waals surface area contributed by atoms with Gasteiger partial charge in [-0.15, -0.1) is 0 Å². The fraction of sp³-hybridized carbons (Fsp3) is 0.250. The Bertz CT molecular complexity index is 1270. The Morgan fingerprint density at radius 1 is 1.06 bits per heavy atom. The number of ketones is 1. The Hall–Kier alpha value is -4.28. The summed E-state index contributed by atoms with van der Waals surface area (Å²) in [6.45, 7) is 1.93. The van der Waals surface area contributed by atoms with Crippen molar-refractivity contribution in [3.05, 3.63) is 81.2 Å². The number of hydrogen-bond acceptors (Lipinski definition) is 7. The molecular formula is C24H22F2N2O7. The lowest BCUT2D eigenvalue weighted by Gasteiger charge is -2.14. The predicted molar refractivity (Wildman–Crippen MR) is 121 cm³/mol. The number of halogens is 2. The molecule has 0 bridgehead atoms. The van der Waals surface area contributed by atoms with Crippen LogP contribution in [0.15, 0.2) is 48.5 Å². The van der Waals surface area contributed by atoms with Gasteiger partial charge in [0.05, 0.1) is 17.6 Å². The van der Waals surface area contributed by atoms with Crippen LogP contribution in [0.3, 0.4) is 0 Å². The molecule has 1 aromatic heterocycles. The van der Waals surface area contributed by atoms with Gasteiger partial charge in [-0.3, -0.25) is 14.9 Å². The lowest BCUT2D eigenvalue weighted by atomic mass is 10.1. The number of methoxy groups -OCH3 is 1. The van der Waals surface area contributed by atoms with Gasteiger partial charge in [-0.25, -0.2) is 4.79 Å². The first-order chi connectivity index (χ1) is 16.5. The highest BCUT2D eigenvalue weighted by Crippen LogP contribution is 2.28. The molecule has 0 aliphatic carbocycles. The van der Waals surface area contributed by atoms with Crippen molar-refractivity contribution in [2.24, 2.45) is 0 Å². The van der Waals surface area contributed by atoms with Crippen molar-refractivity contribution in [3.8, 4) is 17.2 Å². The largest absolute Gasteiger partial charge is 0.490 e. The number of aromatic nitrogens is 1. The summed E-state index contributed by atoms with van der Waals surface area (Å²) in [5.74, 6) is -1.39. The number of Topliss-reactive ketones (excluding diaryl/α,β-unsaturated/α-hetero) is 1. The molecule has 0 radical (unpaired) electrons. The summed E-state index contributed by atoms with van der Waals surface area (Å²) in [5.41, 5.74) is 1.66. The quantitative estimate of drug-likeness (QED) is 0.180. The highest BCUT2D eigenvalue weighted by molar-refractivity contribution is 6.02. The molecule has 0 N–H and O–H groups in total. The van der Waals surface area contributed by atoms with Crippen LogP contribution in [0.4, 0.5) is 14.5 Å². The minimum absolute atomic E-state index is 0.00168. The van der Waals surface area contributed by atoms with Crippen LogP contribution < -0.4 is 9.47 Å². The van der Waals surface area contributed by atoms with Gasteiger partial charge in [-0.05, 0) is 63.2 Å². The summed E-state index contributed by atoms with van der Waals surface area (Å²) in [7, 11) is 1.27. The number of nitrogens with zero attached hydrogens (tertiary/aromatic N) is 2. The highest BCUT2D eigenvalue weighted by Gasteiger charge is 2.26. The molecule has 0 aliphatic heterocycles. The molecule has 9 nitrogen and oxygen atoms in total. The zero-order valence-electron chi connectivity index (χ0n) is 19.3. The van der Waals surface area contributed by atoms with E-state index in [2.05, 4.69) is 4.74 Å². The molecule has 0 saturated heterocycles. The summed E-state index contributed by atoms with van der Waals surface area (Å²) < 4.78 is 41.1. The van der Waals surface area contributed by atoms with E-state index >= 15 is 0 Å². The first-order valence-electron chi connectivity index (χ1n) is 10.3. The van der Waals surface area contributed by atoms with E-state index in [0.29, 0.717) is 22.6 Å². The Morgan fingerprint density at radius 3 is 2.29 bits per heavy atom. The summed E-state index contributed by atoms with van der Waals surface area (Å²) in [6.07, 6.45) is -1.18. The average Bonchev–Trinajstić information content (AvgIpc) is 3.11. The smallest absolute Gasteiger partial charge is 0.387 e. The van der Waals surface area contributed by atoms with Gasteiger partial charge in [0.15, 0.2) is 11.9 Å². The van der Waals surface area contributed by atoms with Crippen LogP contribution in [-0.4, -0.2) is 41.1 Å². The number of esters is 1. The molecule has 35 heavy (non-hydrogen) atoms. The van der Waals surface area contributed by atoms with E-state index in [1.165, 1.54) is 38.3 Å². The van der Waals surface area contributed by atoms with Crippen molar-refractivity contribution in [2.75, 3.05) is 7.11 Å². The number of benzene rings is 2. The fourth-order valence-electron chi connectivity index (χ4n) is 3.65. The van der Waals surface area contributed by atoms with Crippen LogP contribution in [0, 0.1) is 24.0 Å². The number of ether oxygens (including phenoxy) is 3. The monoisotopic (exact) mass is 488 g/mol. The third-order valence-electron chi connectivity index (χ3n) is 5.28. The maximum atomic E-state index is 13.1. The molecular weight excluding hydrogens is 466 g/mol. The number of nitro benzene ring substituents is 1. The second kappa shape index (κ2) is 10.3.